The number of pyridine rings is 1. The third-order valence-electron chi connectivity index (χ3n) is 10.1. The van der Waals surface area contributed by atoms with Gasteiger partial charge in [0.15, 0.2) is 5.82 Å². The van der Waals surface area contributed by atoms with Gasteiger partial charge in [-0.05, 0) is 50.2 Å². The number of urea groups is 1. The molecule has 9 nitrogen and oxygen atoms in total. The Hall–Kier alpha value is -2.68. The van der Waals surface area contributed by atoms with Crippen molar-refractivity contribution in [2.45, 2.75) is 68.8 Å². The molecule has 2 amide bonds. The predicted octanol–water partition coefficient (Wildman–Crippen LogP) is 2.96. The highest BCUT2D eigenvalue weighted by Crippen LogP contribution is 2.56. The van der Waals surface area contributed by atoms with Gasteiger partial charge in [-0.15, -0.1) is 0 Å². The minimum Gasteiger partial charge on any atom is -0.382 e. The Balaban J connectivity index is 0.798. The summed E-state index contributed by atoms with van der Waals surface area (Å²) in [5, 5.41) is 17.5. The molecular formula is C27H35N7O2. The van der Waals surface area contributed by atoms with E-state index in [-0.39, 0.29) is 11.4 Å². The Morgan fingerprint density at radius 3 is 2.36 bits per heavy atom. The van der Waals surface area contributed by atoms with E-state index in [2.05, 4.69) is 32.2 Å². The maximum Gasteiger partial charge on any atom is 0.320 e. The van der Waals surface area contributed by atoms with E-state index in [0.29, 0.717) is 23.1 Å². The van der Waals surface area contributed by atoms with E-state index in [4.69, 9.17) is 4.98 Å². The lowest BCUT2D eigenvalue weighted by atomic mass is 9.57. The molecule has 2 N–H and O–H groups in total. The molecule has 0 bridgehead atoms. The van der Waals surface area contributed by atoms with Crippen molar-refractivity contribution in [1.29, 1.82) is 0 Å². The Morgan fingerprint density at radius 2 is 1.69 bits per heavy atom. The summed E-state index contributed by atoms with van der Waals surface area (Å²) in [5.41, 5.74) is 1.31. The lowest BCUT2D eigenvalue weighted by molar-refractivity contribution is -0.0602. The monoisotopic (exact) mass is 489 g/mol. The summed E-state index contributed by atoms with van der Waals surface area (Å²) in [6.07, 6.45) is 11.2. The van der Waals surface area contributed by atoms with Crippen LogP contribution in [0.3, 0.4) is 0 Å². The van der Waals surface area contributed by atoms with E-state index < -0.39 is 5.60 Å². The largest absolute Gasteiger partial charge is 0.382 e. The van der Waals surface area contributed by atoms with Gasteiger partial charge in [-0.3, -0.25) is 5.10 Å². The SMILES string of the molecule is O=C(N1CC(c2ccc(N3CC4(CCCC4)C3)nc2)C1)N1CC2(CC(c3nc(C4(O)CC4)n[nH]3)C2)C1. The average Bonchev–Trinajstić information content (AvgIpc) is 3.16. The maximum atomic E-state index is 13.0. The Kier molecular flexibility index (Phi) is 4.29. The fraction of sp³-hybridized carbons (Fsp3) is 0.704. The molecule has 0 atom stereocenters. The molecule has 6 aliphatic rings. The number of aromatic amines is 1. The van der Waals surface area contributed by atoms with Gasteiger partial charge in [0.05, 0.1) is 0 Å². The molecule has 8 rings (SSSR count). The molecular weight excluding hydrogens is 454 g/mol. The Morgan fingerprint density at radius 1 is 0.944 bits per heavy atom. The van der Waals surface area contributed by atoms with Crippen LogP contribution in [0.4, 0.5) is 10.6 Å². The number of aromatic nitrogens is 4. The van der Waals surface area contributed by atoms with Crippen molar-refractivity contribution in [3.63, 3.8) is 0 Å². The van der Waals surface area contributed by atoms with Crippen LogP contribution in [0.15, 0.2) is 18.3 Å². The number of H-pyrrole nitrogens is 1. The van der Waals surface area contributed by atoms with Crippen molar-refractivity contribution in [2.75, 3.05) is 44.2 Å². The average molecular weight is 490 g/mol. The van der Waals surface area contributed by atoms with E-state index >= 15 is 0 Å². The van der Waals surface area contributed by atoms with E-state index in [0.717, 1.165) is 63.5 Å². The van der Waals surface area contributed by atoms with Crippen molar-refractivity contribution in [3.8, 4) is 0 Å². The molecule has 3 saturated carbocycles. The van der Waals surface area contributed by atoms with Crippen LogP contribution >= 0.6 is 0 Å². The molecule has 6 fully saturated rings. The summed E-state index contributed by atoms with van der Waals surface area (Å²) in [5.74, 6) is 3.34. The number of amides is 2. The highest BCUT2D eigenvalue weighted by Gasteiger charge is 2.56. The van der Waals surface area contributed by atoms with Crippen molar-refractivity contribution in [3.05, 3.63) is 35.5 Å². The Labute approximate surface area is 211 Å². The van der Waals surface area contributed by atoms with Crippen LogP contribution in [0.25, 0.3) is 0 Å². The number of nitrogens with one attached hydrogen (secondary N) is 1. The van der Waals surface area contributed by atoms with Gasteiger partial charge in [-0.1, -0.05) is 18.9 Å². The topological polar surface area (TPSA) is 101 Å². The lowest BCUT2D eigenvalue weighted by Gasteiger charge is -2.59. The second-order valence-electron chi connectivity index (χ2n) is 12.9. The molecule has 9 heteroatoms. The highest BCUT2D eigenvalue weighted by molar-refractivity contribution is 5.77. The summed E-state index contributed by atoms with van der Waals surface area (Å²) < 4.78 is 0. The van der Waals surface area contributed by atoms with Crippen molar-refractivity contribution >= 4 is 11.8 Å². The molecule has 2 aromatic heterocycles. The van der Waals surface area contributed by atoms with Crippen LogP contribution < -0.4 is 4.90 Å². The summed E-state index contributed by atoms with van der Waals surface area (Å²) in [4.78, 5) is 28.7. The molecule has 190 valence electrons. The summed E-state index contributed by atoms with van der Waals surface area (Å²) in [6.45, 7) is 5.63. The first-order valence-corrected chi connectivity index (χ1v) is 13.8. The summed E-state index contributed by atoms with van der Waals surface area (Å²) in [7, 11) is 0. The zero-order valence-corrected chi connectivity index (χ0v) is 20.8. The first-order chi connectivity index (χ1) is 17.4. The maximum absolute atomic E-state index is 13.0. The van der Waals surface area contributed by atoms with Gasteiger partial charge in [-0.2, -0.15) is 5.10 Å². The lowest BCUT2D eigenvalue weighted by Crippen LogP contribution is -2.67. The normalized spacial score (nSPS) is 27.5. The third kappa shape index (κ3) is 3.24. The van der Waals surface area contributed by atoms with Gasteiger partial charge in [0.1, 0.15) is 17.2 Å². The second kappa shape index (κ2) is 7.21. The van der Waals surface area contributed by atoms with Crippen molar-refractivity contribution in [1.82, 2.24) is 30.0 Å². The van der Waals surface area contributed by atoms with Gasteiger partial charge in [0.25, 0.3) is 0 Å². The zero-order valence-electron chi connectivity index (χ0n) is 20.8. The van der Waals surface area contributed by atoms with Crippen LogP contribution in [0.5, 0.6) is 0 Å². The van der Waals surface area contributed by atoms with Gasteiger partial charge < -0.3 is 19.8 Å². The number of aliphatic hydroxyl groups is 1. The predicted molar refractivity (Wildman–Crippen MR) is 133 cm³/mol. The highest BCUT2D eigenvalue weighted by atomic mass is 16.3. The number of anilines is 1. The Bertz CT molecular complexity index is 1170. The molecule has 3 aliphatic heterocycles. The molecule has 36 heavy (non-hydrogen) atoms. The smallest absolute Gasteiger partial charge is 0.320 e. The molecule has 0 aromatic carbocycles. The van der Waals surface area contributed by atoms with E-state index in [9.17, 15) is 9.90 Å². The number of nitrogens with zero attached hydrogens (tertiary/aromatic N) is 6. The second-order valence-corrected chi connectivity index (χ2v) is 12.9. The number of rotatable bonds is 4. The van der Waals surface area contributed by atoms with Crippen LogP contribution in [-0.2, 0) is 5.60 Å². The molecule has 0 radical (unpaired) electrons. The summed E-state index contributed by atoms with van der Waals surface area (Å²) in [6, 6.07) is 4.58. The minimum absolute atomic E-state index is 0.185. The summed E-state index contributed by atoms with van der Waals surface area (Å²) >= 11 is 0. The minimum atomic E-state index is -0.782. The molecule has 0 unspecified atom stereocenters. The quantitative estimate of drug-likeness (QED) is 0.685. The van der Waals surface area contributed by atoms with Gasteiger partial charge in [-0.25, -0.2) is 14.8 Å². The van der Waals surface area contributed by atoms with E-state index in [1.807, 2.05) is 16.0 Å². The van der Waals surface area contributed by atoms with Crippen LogP contribution in [0, 0.1) is 10.8 Å². The van der Waals surface area contributed by atoms with Crippen molar-refractivity contribution in [2.24, 2.45) is 10.8 Å². The fourth-order valence-corrected chi connectivity index (χ4v) is 7.58. The molecule has 3 aliphatic carbocycles. The van der Waals surface area contributed by atoms with Gasteiger partial charge >= 0.3 is 6.03 Å². The van der Waals surface area contributed by atoms with Crippen LogP contribution in [-0.4, -0.2) is 80.4 Å². The number of likely N-dealkylation sites (tertiary alicyclic amines) is 2. The van der Waals surface area contributed by atoms with E-state index in [1.54, 1.807) is 0 Å². The van der Waals surface area contributed by atoms with Crippen molar-refractivity contribution < 1.29 is 9.90 Å². The molecule has 5 heterocycles. The molecule has 3 saturated heterocycles. The fourth-order valence-electron chi connectivity index (χ4n) is 7.58. The number of hydrogen-bond donors (Lipinski definition) is 2. The van der Waals surface area contributed by atoms with Gasteiger partial charge in [0, 0.05) is 68.1 Å². The number of carbonyl (C=O) groups is 1. The molecule has 2 spiro atoms. The number of carbonyl (C=O) groups excluding carboxylic acids is 1. The number of hydrogen-bond acceptors (Lipinski definition) is 6. The zero-order chi connectivity index (χ0) is 24.1. The van der Waals surface area contributed by atoms with E-state index in [1.165, 1.54) is 44.3 Å². The first kappa shape index (κ1) is 21.4. The standard InChI is InChI=1S/C27H35N7O2/c35-24(34-16-26(17-34)9-19(10-26)22-29-23(31-30-22)27(36)7-8-27)32-12-20(13-32)18-3-4-21(28-11-18)33-14-25(15-33)5-1-2-6-25/h3-4,11,19-20,36H,1-2,5-10,12-17H2,(H,29,30,31). The van der Waals surface area contributed by atoms with Gasteiger partial charge in [0.2, 0.25) is 0 Å². The molecule has 2 aromatic rings. The van der Waals surface area contributed by atoms with Crippen LogP contribution in [0.1, 0.15) is 80.4 Å². The third-order valence-corrected chi connectivity index (χ3v) is 10.1. The van der Waals surface area contributed by atoms with Crippen LogP contribution in [0.2, 0.25) is 0 Å². The first-order valence-electron chi connectivity index (χ1n) is 13.8.